The Labute approximate surface area is 92.8 Å². The SMILES string of the molecule is O=CC1CC(F)(F)C(n2ccc(=O)[nH]c2=O)O1. The summed E-state index contributed by atoms with van der Waals surface area (Å²) in [6.45, 7) is 0. The summed E-state index contributed by atoms with van der Waals surface area (Å²) in [6.07, 6.45) is -2.75. The molecule has 1 aliphatic rings. The predicted molar refractivity (Wildman–Crippen MR) is 50.9 cm³/mol. The van der Waals surface area contributed by atoms with Crippen LogP contribution < -0.4 is 11.2 Å². The molecule has 1 fully saturated rings. The fourth-order valence-electron chi connectivity index (χ4n) is 1.64. The zero-order valence-electron chi connectivity index (χ0n) is 8.43. The van der Waals surface area contributed by atoms with Crippen molar-refractivity contribution in [3.05, 3.63) is 33.1 Å². The van der Waals surface area contributed by atoms with Crippen molar-refractivity contribution in [1.82, 2.24) is 9.55 Å². The highest BCUT2D eigenvalue weighted by atomic mass is 19.3. The maximum Gasteiger partial charge on any atom is 0.330 e. The van der Waals surface area contributed by atoms with Gasteiger partial charge in [-0.2, -0.15) is 0 Å². The van der Waals surface area contributed by atoms with Gasteiger partial charge >= 0.3 is 5.69 Å². The lowest BCUT2D eigenvalue weighted by Gasteiger charge is -2.19. The number of carbonyl (C=O) groups is 1. The van der Waals surface area contributed by atoms with Gasteiger partial charge < -0.3 is 9.53 Å². The van der Waals surface area contributed by atoms with Gasteiger partial charge in [0.15, 0.2) is 0 Å². The summed E-state index contributed by atoms with van der Waals surface area (Å²) in [7, 11) is 0. The van der Waals surface area contributed by atoms with Crippen LogP contribution >= 0.6 is 0 Å². The van der Waals surface area contributed by atoms with Crippen LogP contribution in [-0.2, 0) is 9.53 Å². The smallest absolute Gasteiger partial charge is 0.330 e. The molecule has 1 N–H and O–H groups in total. The van der Waals surface area contributed by atoms with Crippen molar-refractivity contribution >= 4 is 6.29 Å². The van der Waals surface area contributed by atoms with E-state index in [0.29, 0.717) is 4.57 Å². The van der Waals surface area contributed by atoms with Gasteiger partial charge in [-0.1, -0.05) is 0 Å². The van der Waals surface area contributed by atoms with Gasteiger partial charge in [0.25, 0.3) is 11.5 Å². The monoisotopic (exact) mass is 246 g/mol. The van der Waals surface area contributed by atoms with Crippen molar-refractivity contribution < 1.29 is 18.3 Å². The molecule has 2 rings (SSSR count). The van der Waals surface area contributed by atoms with Crippen LogP contribution in [0.1, 0.15) is 12.6 Å². The lowest BCUT2D eigenvalue weighted by Crippen LogP contribution is -2.37. The van der Waals surface area contributed by atoms with Crippen LogP contribution in [0, 0.1) is 0 Å². The fraction of sp³-hybridized carbons (Fsp3) is 0.444. The molecule has 0 aromatic carbocycles. The number of carbonyl (C=O) groups excluding carboxylic acids is 1. The summed E-state index contributed by atoms with van der Waals surface area (Å²) < 4.78 is 32.3. The van der Waals surface area contributed by atoms with Crippen molar-refractivity contribution in [3.8, 4) is 0 Å². The standard InChI is InChI=1S/C9H8F2N2O4/c10-9(11)3-5(4-14)17-7(9)13-2-1-6(15)12-8(13)16/h1-2,4-5,7H,3H2,(H,12,15,16). The van der Waals surface area contributed by atoms with Crippen molar-refractivity contribution in [2.75, 3.05) is 0 Å². The zero-order valence-corrected chi connectivity index (χ0v) is 8.43. The Morgan fingerprint density at radius 2 is 2.24 bits per heavy atom. The van der Waals surface area contributed by atoms with Gasteiger partial charge in [0.05, 0.1) is 0 Å². The first-order chi connectivity index (χ1) is 7.94. The van der Waals surface area contributed by atoms with E-state index in [-0.39, 0.29) is 6.29 Å². The molecule has 0 saturated carbocycles. The molecular weight excluding hydrogens is 238 g/mol. The second-order valence-corrected chi connectivity index (χ2v) is 3.65. The summed E-state index contributed by atoms with van der Waals surface area (Å²) >= 11 is 0. The van der Waals surface area contributed by atoms with Gasteiger partial charge in [-0.15, -0.1) is 0 Å². The molecule has 2 heterocycles. The Morgan fingerprint density at radius 3 is 2.76 bits per heavy atom. The molecule has 0 radical (unpaired) electrons. The van der Waals surface area contributed by atoms with E-state index in [1.807, 2.05) is 4.98 Å². The number of halogens is 2. The first-order valence-corrected chi connectivity index (χ1v) is 4.74. The number of nitrogens with zero attached hydrogens (tertiary/aromatic N) is 1. The van der Waals surface area contributed by atoms with Gasteiger partial charge in [-0.05, 0) is 0 Å². The molecule has 0 spiro atoms. The van der Waals surface area contributed by atoms with Crippen LogP contribution in [0.25, 0.3) is 0 Å². The quantitative estimate of drug-likeness (QED) is 0.724. The summed E-state index contributed by atoms with van der Waals surface area (Å²) in [5.74, 6) is -3.34. The molecular formula is C9H8F2N2O4. The Morgan fingerprint density at radius 1 is 1.53 bits per heavy atom. The second kappa shape index (κ2) is 3.88. The predicted octanol–water partition coefficient (Wildman–Crippen LogP) is -0.342. The van der Waals surface area contributed by atoms with E-state index in [2.05, 4.69) is 0 Å². The third-order valence-electron chi connectivity index (χ3n) is 2.39. The van der Waals surface area contributed by atoms with E-state index in [1.54, 1.807) is 0 Å². The molecule has 0 aliphatic carbocycles. The molecule has 1 aromatic heterocycles. The average molecular weight is 246 g/mol. The first kappa shape index (κ1) is 11.6. The third-order valence-corrected chi connectivity index (χ3v) is 2.39. The molecule has 1 saturated heterocycles. The van der Waals surface area contributed by atoms with Gasteiger partial charge in [0, 0.05) is 18.7 Å². The number of aromatic nitrogens is 2. The molecule has 8 heteroatoms. The molecule has 0 bridgehead atoms. The van der Waals surface area contributed by atoms with Crippen LogP contribution in [0.15, 0.2) is 21.9 Å². The van der Waals surface area contributed by atoms with Crippen LogP contribution in [0.4, 0.5) is 8.78 Å². The number of aromatic amines is 1. The van der Waals surface area contributed by atoms with Crippen molar-refractivity contribution in [3.63, 3.8) is 0 Å². The molecule has 92 valence electrons. The molecule has 1 aliphatic heterocycles. The van der Waals surface area contributed by atoms with Crippen LogP contribution in [0.3, 0.4) is 0 Å². The first-order valence-electron chi connectivity index (χ1n) is 4.74. The largest absolute Gasteiger partial charge is 0.341 e. The van der Waals surface area contributed by atoms with E-state index in [0.717, 1.165) is 12.3 Å². The van der Waals surface area contributed by atoms with Crippen LogP contribution in [0.5, 0.6) is 0 Å². The van der Waals surface area contributed by atoms with E-state index in [1.165, 1.54) is 0 Å². The van der Waals surface area contributed by atoms with E-state index < -0.39 is 35.9 Å². The van der Waals surface area contributed by atoms with Crippen LogP contribution in [-0.4, -0.2) is 27.9 Å². The van der Waals surface area contributed by atoms with E-state index in [9.17, 15) is 23.2 Å². The lowest BCUT2D eigenvalue weighted by molar-refractivity contribution is -0.129. The minimum atomic E-state index is -3.34. The maximum atomic E-state index is 13.5. The number of alkyl halides is 2. The summed E-state index contributed by atoms with van der Waals surface area (Å²) in [5.41, 5.74) is -1.70. The highest BCUT2D eigenvalue weighted by molar-refractivity contribution is 5.56. The second-order valence-electron chi connectivity index (χ2n) is 3.65. The Bertz CT molecular complexity index is 550. The van der Waals surface area contributed by atoms with Gasteiger partial charge in [0.2, 0.25) is 6.23 Å². The highest BCUT2D eigenvalue weighted by Gasteiger charge is 2.51. The van der Waals surface area contributed by atoms with E-state index >= 15 is 0 Å². The maximum absolute atomic E-state index is 13.5. The minimum absolute atomic E-state index is 0.255. The lowest BCUT2D eigenvalue weighted by atomic mass is 10.2. The summed E-state index contributed by atoms with van der Waals surface area (Å²) in [6, 6.07) is 0.926. The number of nitrogens with one attached hydrogen (secondary N) is 1. The van der Waals surface area contributed by atoms with Crippen molar-refractivity contribution in [2.24, 2.45) is 0 Å². The number of hydrogen-bond acceptors (Lipinski definition) is 4. The zero-order chi connectivity index (χ0) is 12.6. The molecule has 2 unspecified atom stereocenters. The van der Waals surface area contributed by atoms with Gasteiger partial charge in [-0.25, -0.2) is 13.6 Å². The number of ether oxygens (including phenoxy) is 1. The highest BCUT2D eigenvalue weighted by Crippen LogP contribution is 2.40. The number of aldehydes is 1. The topological polar surface area (TPSA) is 81.2 Å². The molecule has 0 amide bonds. The van der Waals surface area contributed by atoms with Crippen LogP contribution in [0.2, 0.25) is 0 Å². The number of hydrogen-bond donors (Lipinski definition) is 1. The Kier molecular flexibility index (Phi) is 2.66. The minimum Gasteiger partial charge on any atom is -0.341 e. The van der Waals surface area contributed by atoms with Gasteiger partial charge in [-0.3, -0.25) is 14.3 Å². The number of H-pyrrole nitrogens is 1. The Hall–Kier alpha value is -1.83. The molecule has 6 nitrogen and oxygen atoms in total. The van der Waals surface area contributed by atoms with E-state index in [4.69, 9.17) is 4.74 Å². The van der Waals surface area contributed by atoms with Gasteiger partial charge in [0.1, 0.15) is 12.4 Å². The third kappa shape index (κ3) is 2.03. The summed E-state index contributed by atoms with van der Waals surface area (Å²) in [5, 5.41) is 0. The van der Waals surface area contributed by atoms with Crippen molar-refractivity contribution in [2.45, 2.75) is 24.7 Å². The molecule has 2 atom stereocenters. The Balaban J connectivity index is 2.43. The van der Waals surface area contributed by atoms with Crippen molar-refractivity contribution in [1.29, 1.82) is 0 Å². The fourth-order valence-corrected chi connectivity index (χ4v) is 1.64. The molecule has 17 heavy (non-hydrogen) atoms. The average Bonchev–Trinajstić information content (AvgIpc) is 2.54. The summed E-state index contributed by atoms with van der Waals surface area (Å²) in [4.78, 5) is 34.3. The molecule has 1 aromatic rings. The normalized spacial score (nSPS) is 26.9. The number of rotatable bonds is 2.